The van der Waals surface area contributed by atoms with Gasteiger partial charge >= 0.3 is 0 Å². The maximum absolute atomic E-state index is 12.9. The molecule has 24 heavy (non-hydrogen) atoms. The quantitative estimate of drug-likeness (QED) is 0.514. The van der Waals surface area contributed by atoms with Gasteiger partial charge in [-0.3, -0.25) is 19.8 Å². The van der Waals surface area contributed by atoms with Crippen LogP contribution in [0.15, 0.2) is 36.0 Å². The van der Waals surface area contributed by atoms with E-state index in [1.807, 2.05) is 4.90 Å². The van der Waals surface area contributed by atoms with E-state index in [1.165, 1.54) is 11.3 Å². The van der Waals surface area contributed by atoms with Crippen molar-refractivity contribution in [3.05, 3.63) is 36.0 Å². The van der Waals surface area contributed by atoms with E-state index < -0.39 is 11.8 Å². The molecule has 0 saturated carbocycles. The van der Waals surface area contributed by atoms with Crippen LogP contribution in [0.4, 0.5) is 5.69 Å². The summed E-state index contributed by atoms with van der Waals surface area (Å²) in [4.78, 5) is 28.4. The Morgan fingerprint density at radius 3 is 2.67 bits per heavy atom. The Labute approximate surface area is 146 Å². The summed E-state index contributed by atoms with van der Waals surface area (Å²) in [5, 5.41) is 2.68. The van der Waals surface area contributed by atoms with Crippen molar-refractivity contribution in [1.29, 1.82) is 0 Å². The molecule has 2 amide bonds. The monoisotopic (exact) mass is 345 g/mol. The molecule has 2 saturated heterocycles. The van der Waals surface area contributed by atoms with Gasteiger partial charge in [0.05, 0.1) is 12.8 Å². The summed E-state index contributed by atoms with van der Waals surface area (Å²) in [5.74, 6) is -0.251. The van der Waals surface area contributed by atoms with Crippen LogP contribution in [0.3, 0.4) is 0 Å². The molecular weight excluding hydrogens is 326 g/mol. The predicted octanol–water partition coefficient (Wildman–Crippen LogP) is 1.81. The van der Waals surface area contributed by atoms with Crippen molar-refractivity contribution in [1.82, 2.24) is 10.2 Å². The summed E-state index contributed by atoms with van der Waals surface area (Å²) in [6.07, 6.45) is 4.97. The van der Waals surface area contributed by atoms with Crippen molar-refractivity contribution in [3.8, 4) is 5.75 Å². The van der Waals surface area contributed by atoms with Crippen molar-refractivity contribution in [2.45, 2.75) is 19.3 Å². The van der Waals surface area contributed by atoms with Crippen LogP contribution in [0.2, 0.25) is 0 Å². The van der Waals surface area contributed by atoms with Gasteiger partial charge in [-0.25, -0.2) is 0 Å². The van der Waals surface area contributed by atoms with E-state index in [0.29, 0.717) is 11.4 Å². The summed E-state index contributed by atoms with van der Waals surface area (Å²) in [6, 6.07) is 7.02. The third-order valence-corrected chi connectivity index (χ3v) is 4.40. The first-order valence-corrected chi connectivity index (χ1v) is 8.30. The molecule has 0 spiro atoms. The second-order valence-corrected chi connectivity index (χ2v) is 6.13. The largest absolute Gasteiger partial charge is 0.497 e. The number of thiocarbonyl (C=S) groups is 1. The van der Waals surface area contributed by atoms with Gasteiger partial charge in [0.25, 0.3) is 11.8 Å². The van der Waals surface area contributed by atoms with Crippen molar-refractivity contribution in [3.63, 3.8) is 0 Å². The maximum atomic E-state index is 12.9. The fourth-order valence-corrected chi connectivity index (χ4v) is 3.14. The number of benzene rings is 1. The SMILES string of the molecule is COc1cccc(N2C(=O)C(=CN3CCCCC3)C(=O)NC2=S)c1. The van der Waals surface area contributed by atoms with Gasteiger partial charge in [0.2, 0.25) is 0 Å². The zero-order valence-corrected chi connectivity index (χ0v) is 14.3. The third-order valence-electron chi connectivity index (χ3n) is 4.12. The zero-order valence-electron chi connectivity index (χ0n) is 13.4. The van der Waals surface area contributed by atoms with E-state index in [1.54, 1.807) is 37.6 Å². The summed E-state index contributed by atoms with van der Waals surface area (Å²) in [6.45, 7) is 1.71. The lowest BCUT2D eigenvalue weighted by Crippen LogP contribution is -2.54. The number of nitrogens with one attached hydrogen (secondary N) is 1. The second-order valence-electron chi connectivity index (χ2n) is 5.74. The smallest absolute Gasteiger partial charge is 0.271 e. The highest BCUT2D eigenvalue weighted by molar-refractivity contribution is 7.80. The molecule has 0 aromatic heterocycles. The van der Waals surface area contributed by atoms with E-state index in [-0.39, 0.29) is 10.7 Å². The van der Waals surface area contributed by atoms with E-state index in [2.05, 4.69) is 5.32 Å². The highest BCUT2D eigenvalue weighted by atomic mass is 32.1. The number of ether oxygens (including phenoxy) is 1. The molecule has 7 heteroatoms. The molecule has 1 N–H and O–H groups in total. The van der Waals surface area contributed by atoms with Crippen LogP contribution in [0.25, 0.3) is 0 Å². The summed E-state index contributed by atoms with van der Waals surface area (Å²) in [7, 11) is 1.55. The van der Waals surface area contributed by atoms with Gasteiger partial charge in [-0.2, -0.15) is 0 Å². The van der Waals surface area contributed by atoms with Crippen molar-refractivity contribution in [2.75, 3.05) is 25.1 Å². The summed E-state index contributed by atoms with van der Waals surface area (Å²) >= 11 is 5.19. The number of anilines is 1. The van der Waals surface area contributed by atoms with E-state index >= 15 is 0 Å². The van der Waals surface area contributed by atoms with Crippen molar-refractivity contribution in [2.24, 2.45) is 0 Å². The van der Waals surface area contributed by atoms with Gasteiger partial charge in [0, 0.05) is 25.4 Å². The molecule has 2 aliphatic rings. The molecule has 2 fully saturated rings. The molecule has 2 heterocycles. The molecule has 0 unspecified atom stereocenters. The number of hydrogen-bond donors (Lipinski definition) is 1. The van der Waals surface area contributed by atoms with Crippen LogP contribution < -0.4 is 15.0 Å². The van der Waals surface area contributed by atoms with Crippen LogP contribution in [-0.2, 0) is 9.59 Å². The lowest BCUT2D eigenvalue weighted by molar-refractivity contribution is -0.122. The molecule has 0 aliphatic carbocycles. The van der Waals surface area contributed by atoms with Crippen molar-refractivity contribution < 1.29 is 14.3 Å². The molecule has 3 rings (SSSR count). The molecule has 126 valence electrons. The van der Waals surface area contributed by atoms with Crippen molar-refractivity contribution >= 4 is 34.8 Å². The molecule has 0 atom stereocenters. The highest BCUT2D eigenvalue weighted by Gasteiger charge is 2.35. The van der Waals surface area contributed by atoms with Gasteiger partial charge in [-0.15, -0.1) is 0 Å². The number of hydrogen-bond acceptors (Lipinski definition) is 5. The number of piperidine rings is 1. The first-order valence-electron chi connectivity index (χ1n) is 7.90. The Morgan fingerprint density at radius 2 is 1.96 bits per heavy atom. The lowest BCUT2D eigenvalue weighted by Gasteiger charge is -2.31. The fourth-order valence-electron chi connectivity index (χ4n) is 2.86. The summed E-state index contributed by atoms with van der Waals surface area (Å²) < 4.78 is 5.19. The van der Waals surface area contributed by atoms with Gasteiger partial charge in [-0.05, 0) is 43.6 Å². The topological polar surface area (TPSA) is 61.9 Å². The van der Waals surface area contributed by atoms with Crippen LogP contribution in [0.1, 0.15) is 19.3 Å². The molecule has 6 nitrogen and oxygen atoms in total. The molecule has 1 aromatic carbocycles. The zero-order chi connectivity index (χ0) is 17.1. The number of rotatable bonds is 3. The average Bonchev–Trinajstić information content (AvgIpc) is 2.59. The molecule has 0 bridgehead atoms. The van der Waals surface area contributed by atoms with E-state index in [4.69, 9.17) is 17.0 Å². The third kappa shape index (κ3) is 3.26. The maximum Gasteiger partial charge on any atom is 0.271 e. The first-order chi connectivity index (χ1) is 11.6. The van der Waals surface area contributed by atoms with Gasteiger partial charge in [0.1, 0.15) is 11.3 Å². The van der Waals surface area contributed by atoms with Crippen LogP contribution in [-0.4, -0.2) is 42.0 Å². The Bertz CT molecular complexity index is 711. The normalized spacial score (nSPS) is 20.4. The standard InChI is InChI=1S/C17H19N3O3S/c1-23-13-7-5-6-12(10-13)20-16(22)14(15(21)18-17(20)24)11-19-8-3-2-4-9-19/h5-7,10-11H,2-4,8-9H2,1H3,(H,18,21,24). The second kappa shape index (κ2) is 7.00. The Morgan fingerprint density at radius 1 is 1.21 bits per heavy atom. The lowest BCUT2D eigenvalue weighted by atomic mass is 10.1. The number of nitrogens with zero attached hydrogens (tertiary/aromatic N) is 2. The Balaban J connectivity index is 1.92. The van der Waals surface area contributed by atoms with Crippen LogP contribution in [0, 0.1) is 0 Å². The number of carbonyl (C=O) groups is 2. The number of methoxy groups -OCH3 is 1. The summed E-state index contributed by atoms with van der Waals surface area (Å²) in [5.41, 5.74) is 0.669. The highest BCUT2D eigenvalue weighted by Crippen LogP contribution is 2.25. The number of amides is 2. The Hall–Kier alpha value is -2.41. The minimum absolute atomic E-state index is 0.0778. The van der Waals surface area contributed by atoms with Crippen LogP contribution >= 0.6 is 12.2 Å². The first kappa shape index (κ1) is 16.4. The van der Waals surface area contributed by atoms with E-state index in [9.17, 15) is 9.59 Å². The minimum atomic E-state index is -0.449. The number of carbonyl (C=O) groups excluding carboxylic acids is 2. The predicted molar refractivity (Wildman–Crippen MR) is 94.7 cm³/mol. The molecule has 0 radical (unpaired) electrons. The van der Waals surface area contributed by atoms with Gasteiger partial charge < -0.3 is 9.64 Å². The molecule has 2 aliphatic heterocycles. The van der Waals surface area contributed by atoms with Crippen LogP contribution in [0.5, 0.6) is 5.75 Å². The molecule has 1 aromatic rings. The average molecular weight is 345 g/mol. The Kier molecular flexibility index (Phi) is 4.80. The minimum Gasteiger partial charge on any atom is -0.497 e. The van der Waals surface area contributed by atoms with E-state index in [0.717, 1.165) is 25.9 Å². The molecular formula is C17H19N3O3S. The fraction of sp³-hybridized carbons (Fsp3) is 0.353. The van der Waals surface area contributed by atoms with Gasteiger partial charge in [-0.1, -0.05) is 6.07 Å². The number of likely N-dealkylation sites (tertiary alicyclic amines) is 1. The van der Waals surface area contributed by atoms with Gasteiger partial charge in [0.15, 0.2) is 5.11 Å².